The Bertz CT molecular complexity index is 433. The Balaban J connectivity index is 2.46. The molecule has 0 amide bonds. The molecule has 124 valence electrons. The highest BCUT2D eigenvalue weighted by molar-refractivity contribution is 7.86. The molecule has 0 spiro atoms. The molecule has 0 aromatic carbocycles. The van der Waals surface area contributed by atoms with Crippen molar-refractivity contribution in [3.8, 4) is 0 Å². The van der Waals surface area contributed by atoms with Crippen LogP contribution in [0.4, 0.5) is 0 Å². The van der Waals surface area contributed by atoms with Crippen LogP contribution in [0.2, 0.25) is 0 Å². The Morgan fingerprint density at radius 1 is 1.10 bits per heavy atom. The molecule has 9 heteroatoms. The number of carboxylic acids is 1. The second kappa shape index (κ2) is 8.04. The number of likely N-dealkylation sites (N-methyl/N-ethyl adjacent to an activating group) is 1. The number of hydrogen-bond acceptors (Lipinski definition) is 5. The van der Waals surface area contributed by atoms with Crippen molar-refractivity contribution in [1.29, 1.82) is 0 Å². The van der Waals surface area contributed by atoms with Crippen LogP contribution in [0.25, 0.3) is 0 Å². The molecule has 0 saturated carbocycles. The average molecular weight is 322 g/mol. The zero-order valence-electron chi connectivity index (χ0n) is 13.0. The SMILES string of the molecule is CN(C)CCN1CCN(S(=O)(=O)N(C)CCC(=O)O)CC1. The summed E-state index contributed by atoms with van der Waals surface area (Å²) in [5.41, 5.74) is 0. The van der Waals surface area contributed by atoms with Gasteiger partial charge >= 0.3 is 5.97 Å². The molecule has 1 rings (SSSR count). The van der Waals surface area contributed by atoms with Gasteiger partial charge in [-0.05, 0) is 14.1 Å². The first-order chi connectivity index (χ1) is 9.73. The second-order valence-corrected chi connectivity index (χ2v) is 7.55. The maximum atomic E-state index is 12.3. The first-order valence-corrected chi connectivity index (χ1v) is 8.43. The fourth-order valence-corrected chi connectivity index (χ4v) is 3.43. The van der Waals surface area contributed by atoms with Gasteiger partial charge in [0.1, 0.15) is 0 Å². The van der Waals surface area contributed by atoms with E-state index in [1.807, 2.05) is 14.1 Å². The van der Waals surface area contributed by atoms with E-state index >= 15 is 0 Å². The molecule has 1 heterocycles. The van der Waals surface area contributed by atoms with Crippen LogP contribution in [0, 0.1) is 0 Å². The van der Waals surface area contributed by atoms with E-state index in [4.69, 9.17) is 5.11 Å². The summed E-state index contributed by atoms with van der Waals surface area (Å²) in [5.74, 6) is -0.995. The van der Waals surface area contributed by atoms with E-state index in [-0.39, 0.29) is 13.0 Å². The molecule has 1 aliphatic rings. The third-order valence-corrected chi connectivity index (χ3v) is 5.54. The molecule has 1 N–H and O–H groups in total. The van der Waals surface area contributed by atoms with E-state index in [0.29, 0.717) is 26.2 Å². The maximum absolute atomic E-state index is 12.3. The molecule has 1 saturated heterocycles. The van der Waals surface area contributed by atoms with Gasteiger partial charge < -0.3 is 10.0 Å². The maximum Gasteiger partial charge on any atom is 0.304 e. The van der Waals surface area contributed by atoms with Gasteiger partial charge in [-0.2, -0.15) is 17.0 Å². The fraction of sp³-hybridized carbons (Fsp3) is 0.917. The van der Waals surface area contributed by atoms with Gasteiger partial charge in [0.25, 0.3) is 10.2 Å². The monoisotopic (exact) mass is 322 g/mol. The Kier molecular flexibility index (Phi) is 7.01. The summed E-state index contributed by atoms with van der Waals surface area (Å²) in [4.78, 5) is 14.9. The molecule has 0 aliphatic carbocycles. The van der Waals surface area contributed by atoms with Crippen molar-refractivity contribution in [3.63, 3.8) is 0 Å². The van der Waals surface area contributed by atoms with Crippen LogP contribution in [-0.4, -0.2) is 105 Å². The molecular weight excluding hydrogens is 296 g/mol. The van der Waals surface area contributed by atoms with Gasteiger partial charge in [0.15, 0.2) is 0 Å². The lowest BCUT2D eigenvalue weighted by Crippen LogP contribution is -2.53. The summed E-state index contributed by atoms with van der Waals surface area (Å²) in [7, 11) is 1.91. The lowest BCUT2D eigenvalue weighted by molar-refractivity contribution is -0.137. The lowest BCUT2D eigenvalue weighted by Gasteiger charge is -2.36. The number of piperazine rings is 1. The minimum absolute atomic E-state index is 0.00148. The molecule has 0 atom stereocenters. The molecule has 21 heavy (non-hydrogen) atoms. The number of carboxylic acid groups (broad SMARTS) is 1. The van der Waals surface area contributed by atoms with Crippen molar-refractivity contribution in [2.24, 2.45) is 0 Å². The zero-order chi connectivity index (χ0) is 16.0. The Hall–Kier alpha value is -0.740. The number of carbonyl (C=O) groups is 1. The topological polar surface area (TPSA) is 84.4 Å². The van der Waals surface area contributed by atoms with E-state index in [9.17, 15) is 13.2 Å². The van der Waals surface area contributed by atoms with Crippen LogP contribution >= 0.6 is 0 Å². The molecule has 0 radical (unpaired) electrons. The van der Waals surface area contributed by atoms with Crippen LogP contribution in [0.15, 0.2) is 0 Å². The third kappa shape index (κ3) is 5.87. The lowest BCUT2D eigenvalue weighted by atomic mass is 10.3. The van der Waals surface area contributed by atoms with Crippen LogP contribution in [0.5, 0.6) is 0 Å². The predicted octanol–water partition coefficient (Wildman–Crippen LogP) is -1.18. The molecule has 0 bridgehead atoms. The van der Waals surface area contributed by atoms with E-state index in [0.717, 1.165) is 17.4 Å². The quantitative estimate of drug-likeness (QED) is 0.605. The molecule has 8 nitrogen and oxygen atoms in total. The summed E-state index contributed by atoms with van der Waals surface area (Å²) in [5, 5.41) is 8.63. The van der Waals surface area contributed by atoms with Crippen LogP contribution < -0.4 is 0 Å². The fourth-order valence-electron chi connectivity index (χ4n) is 2.09. The van der Waals surface area contributed by atoms with Crippen LogP contribution in [0.1, 0.15) is 6.42 Å². The molecule has 1 aliphatic heterocycles. The van der Waals surface area contributed by atoms with Crippen molar-refractivity contribution < 1.29 is 18.3 Å². The summed E-state index contributed by atoms with van der Waals surface area (Å²) in [6.45, 7) is 4.19. The summed E-state index contributed by atoms with van der Waals surface area (Å²) in [6.07, 6.45) is -0.182. The number of rotatable bonds is 8. The molecule has 0 aromatic rings. The second-order valence-electron chi connectivity index (χ2n) is 5.52. The smallest absolute Gasteiger partial charge is 0.304 e. The van der Waals surface area contributed by atoms with Crippen LogP contribution in [-0.2, 0) is 15.0 Å². The highest BCUT2D eigenvalue weighted by Gasteiger charge is 2.30. The number of nitrogens with zero attached hydrogens (tertiary/aromatic N) is 4. The van der Waals surface area contributed by atoms with Gasteiger partial charge in [0.2, 0.25) is 0 Å². The summed E-state index contributed by atoms with van der Waals surface area (Å²) in [6, 6.07) is 0. The number of hydrogen-bond donors (Lipinski definition) is 1. The molecule has 0 aromatic heterocycles. The predicted molar refractivity (Wildman–Crippen MR) is 80.4 cm³/mol. The first kappa shape index (κ1) is 18.3. The number of aliphatic carboxylic acids is 1. The summed E-state index contributed by atoms with van der Waals surface area (Å²) >= 11 is 0. The third-order valence-electron chi connectivity index (χ3n) is 3.56. The normalized spacial score (nSPS) is 18.5. The standard InChI is InChI=1S/C12H26N4O4S/c1-13(2)6-7-15-8-10-16(11-9-15)21(19,20)14(3)5-4-12(17)18/h4-11H2,1-3H3,(H,17,18). The highest BCUT2D eigenvalue weighted by atomic mass is 32.2. The van der Waals surface area contributed by atoms with Crippen molar-refractivity contribution in [3.05, 3.63) is 0 Å². The molecule has 1 fully saturated rings. The van der Waals surface area contributed by atoms with E-state index < -0.39 is 16.2 Å². The largest absolute Gasteiger partial charge is 0.481 e. The Labute approximate surface area is 127 Å². The Morgan fingerprint density at radius 3 is 2.14 bits per heavy atom. The Morgan fingerprint density at radius 2 is 1.67 bits per heavy atom. The van der Waals surface area contributed by atoms with E-state index in [2.05, 4.69) is 9.80 Å². The van der Waals surface area contributed by atoms with E-state index in [1.54, 1.807) is 0 Å². The minimum atomic E-state index is -3.55. The van der Waals surface area contributed by atoms with Gasteiger partial charge in [-0.1, -0.05) is 0 Å². The van der Waals surface area contributed by atoms with E-state index in [1.165, 1.54) is 11.4 Å². The van der Waals surface area contributed by atoms with Gasteiger partial charge in [-0.3, -0.25) is 9.69 Å². The van der Waals surface area contributed by atoms with Crippen molar-refractivity contribution in [2.45, 2.75) is 6.42 Å². The van der Waals surface area contributed by atoms with Crippen LogP contribution in [0.3, 0.4) is 0 Å². The molecular formula is C12H26N4O4S. The van der Waals surface area contributed by atoms with Gasteiger partial charge in [-0.15, -0.1) is 0 Å². The van der Waals surface area contributed by atoms with Crippen molar-refractivity contribution >= 4 is 16.2 Å². The molecule has 0 unspecified atom stereocenters. The van der Waals surface area contributed by atoms with Gasteiger partial charge in [0, 0.05) is 52.9 Å². The van der Waals surface area contributed by atoms with Crippen molar-refractivity contribution in [2.75, 3.05) is 67.0 Å². The minimum Gasteiger partial charge on any atom is -0.481 e. The zero-order valence-corrected chi connectivity index (χ0v) is 13.8. The average Bonchev–Trinajstić information content (AvgIpc) is 2.42. The van der Waals surface area contributed by atoms with Gasteiger partial charge in [-0.25, -0.2) is 0 Å². The van der Waals surface area contributed by atoms with Gasteiger partial charge in [0.05, 0.1) is 6.42 Å². The van der Waals surface area contributed by atoms with Crippen molar-refractivity contribution in [1.82, 2.24) is 18.4 Å². The summed E-state index contributed by atoms with van der Waals surface area (Å²) < 4.78 is 27.2. The first-order valence-electron chi connectivity index (χ1n) is 7.04. The highest BCUT2D eigenvalue weighted by Crippen LogP contribution is 2.11.